The van der Waals surface area contributed by atoms with E-state index in [1.165, 1.54) is 7.11 Å². The Kier molecular flexibility index (Phi) is 14.3. The van der Waals surface area contributed by atoms with Crippen LogP contribution in [0.1, 0.15) is 65.0 Å². The van der Waals surface area contributed by atoms with E-state index in [4.69, 9.17) is 19.9 Å². The molecule has 0 saturated carbocycles. The minimum Gasteiger partial charge on any atom is -0.489 e. The van der Waals surface area contributed by atoms with E-state index in [1.807, 2.05) is 68.4 Å². The van der Waals surface area contributed by atoms with Crippen molar-refractivity contribution < 1.29 is 38.2 Å². The number of carbonyl (C=O) groups is 5. The second kappa shape index (κ2) is 17.6. The molecule has 0 aliphatic heterocycles. The summed E-state index contributed by atoms with van der Waals surface area (Å²) >= 11 is 0. The molecule has 0 fully saturated rings. The zero-order valence-electron chi connectivity index (χ0n) is 26.9. The topological polar surface area (TPSA) is 175 Å². The van der Waals surface area contributed by atoms with Crippen molar-refractivity contribution in [3.05, 3.63) is 65.7 Å². The molecule has 0 aliphatic carbocycles. The van der Waals surface area contributed by atoms with Crippen molar-refractivity contribution in [2.24, 2.45) is 11.7 Å². The molecule has 0 aromatic heterocycles. The lowest BCUT2D eigenvalue weighted by molar-refractivity contribution is -0.146. The first-order valence-electron chi connectivity index (χ1n) is 14.9. The Hall–Kier alpha value is -4.61. The Bertz CT molecular complexity index is 1280. The van der Waals surface area contributed by atoms with Crippen LogP contribution in [0.2, 0.25) is 0 Å². The summed E-state index contributed by atoms with van der Waals surface area (Å²) in [5.41, 5.74) is 6.11. The summed E-state index contributed by atoms with van der Waals surface area (Å²) in [4.78, 5) is 63.5. The molecule has 246 valence electrons. The molecule has 3 atom stereocenters. The molecule has 45 heavy (non-hydrogen) atoms. The zero-order valence-corrected chi connectivity index (χ0v) is 26.9. The summed E-state index contributed by atoms with van der Waals surface area (Å²) in [6.07, 6.45) is -0.798. The van der Waals surface area contributed by atoms with Crippen LogP contribution in [-0.4, -0.2) is 60.6 Å². The van der Waals surface area contributed by atoms with Crippen molar-refractivity contribution >= 4 is 29.8 Å². The molecule has 0 unspecified atom stereocenters. The Morgan fingerprint density at radius 1 is 0.800 bits per heavy atom. The van der Waals surface area contributed by atoms with Gasteiger partial charge in [0.2, 0.25) is 17.7 Å². The van der Waals surface area contributed by atoms with E-state index in [9.17, 15) is 24.0 Å². The summed E-state index contributed by atoms with van der Waals surface area (Å²) in [7, 11) is 1.21. The van der Waals surface area contributed by atoms with Gasteiger partial charge in [-0.15, -0.1) is 0 Å². The number of hydrogen-bond donors (Lipinski definition) is 4. The first-order valence-corrected chi connectivity index (χ1v) is 14.9. The van der Waals surface area contributed by atoms with Crippen molar-refractivity contribution in [3.63, 3.8) is 0 Å². The van der Waals surface area contributed by atoms with Crippen molar-refractivity contribution in [2.45, 2.75) is 90.6 Å². The fraction of sp³-hybridized carbons (Fsp3) is 0.485. The molecule has 12 heteroatoms. The fourth-order valence-corrected chi connectivity index (χ4v) is 4.28. The molecule has 12 nitrogen and oxygen atoms in total. The molecule has 4 amide bonds. The third kappa shape index (κ3) is 14.1. The van der Waals surface area contributed by atoms with Crippen LogP contribution in [0, 0.1) is 5.92 Å². The zero-order chi connectivity index (χ0) is 33.6. The Balaban J connectivity index is 2.24. The number of primary amides is 1. The lowest BCUT2D eigenvalue weighted by Gasteiger charge is -2.26. The van der Waals surface area contributed by atoms with E-state index in [2.05, 4.69) is 16.0 Å². The van der Waals surface area contributed by atoms with Gasteiger partial charge in [-0.25, -0.2) is 9.59 Å². The molecular formula is C33H46N4O8. The second-order valence-electron chi connectivity index (χ2n) is 12.1. The van der Waals surface area contributed by atoms with Crippen molar-refractivity contribution in [2.75, 3.05) is 7.11 Å². The summed E-state index contributed by atoms with van der Waals surface area (Å²) in [6, 6.07) is 13.4. The number of hydrogen-bond acceptors (Lipinski definition) is 8. The minimum absolute atomic E-state index is 0.0479. The van der Waals surface area contributed by atoms with Crippen LogP contribution in [0.4, 0.5) is 4.79 Å². The van der Waals surface area contributed by atoms with Crippen molar-refractivity contribution in [1.82, 2.24) is 16.0 Å². The average Bonchev–Trinajstić information content (AvgIpc) is 2.96. The first-order chi connectivity index (χ1) is 21.2. The van der Waals surface area contributed by atoms with Crippen LogP contribution in [-0.2, 0) is 41.7 Å². The summed E-state index contributed by atoms with van der Waals surface area (Å²) < 4.78 is 16.0. The van der Waals surface area contributed by atoms with Gasteiger partial charge in [-0.3, -0.25) is 14.4 Å². The number of alkyl carbamates (subject to hydrolysis) is 1. The first kappa shape index (κ1) is 36.6. The Morgan fingerprint density at radius 2 is 1.38 bits per heavy atom. The SMILES string of the molecule is COC(=O)[C@H](CC(C)C)NC(=O)[C@@H](CCC(N)=O)NC(=O)[C@@H](Cc1ccc(COc2ccccc2)cc1)NC(=O)OC(C)(C)C. The number of benzene rings is 2. The van der Waals surface area contributed by atoms with Crippen LogP contribution in [0.25, 0.3) is 0 Å². The number of amides is 4. The Labute approximate surface area is 264 Å². The van der Waals surface area contributed by atoms with Gasteiger partial charge in [0.25, 0.3) is 0 Å². The molecule has 0 radical (unpaired) electrons. The van der Waals surface area contributed by atoms with Crippen LogP contribution in [0.15, 0.2) is 54.6 Å². The predicted molar refractivity (Wildman–Crippen MR) is 168 cm³/mol. The van der Waals surface area contributed by atoms with Crippen LogP contribution < -0.4 is 26.4 Å². The third-order valence-corrected chi connectivity index (χ3v) is 6.44. The number of methoxy groups -OCH3 is 1. The van der Waals surface area contributed by atoms with Crippen molar-refractivity contribution in [3.8, 4) is 5.75 Å². The highest BCUT2D eigenvalue weighted by Gasteiger charge is 2.31. The molecular weight excluding hydrogens is 580 g/mol. The van der Waals surface area contributed by atoms with Crippen LogP contribution in [0.3, 0.4) is 0 Å². The standard InChI is InChI=1S/C33H46N4O8/c1-21(2)18-27(31(41)43-6)36-29(39)25(16-17-28(34)38)35-30(40)26(37-32(42)45-33(3,4)5)19-22-12-14-23(15-13-22)20-44-24-10-8-7-9-11-24/h7-15,21,25-27H,16-20H2,1-6H3,(H2,34,38)(H,35,40)(H,36,39)(H,37,42)/t25-,26-,27+/m1/s1. The lowest BCUT2D eigenvalue weighted by Crippen LogP contribution is -2.56. The second-order valence-corrected chi connectivity index (χ2v) is 12.1. The summed E-state index contributed by atoms with van der Waals surface area (Å²) in [6.45, 7) is 9.17. The fourth-order valence-electron chi connectivity index (χ4n) is 4.28. The third-order valence-electron chi connectivity index (χ3n) is 6.44. The minimum atomic E-state index is -1.23. The number of ether oxygens (including phenoxy) is 3. The van der Waals surface area contributed by atoms with Crippen LogP contribution in [0.5, 0.6) is 5.75 Å². The smallest absolute Gasteiger partial charge is 0.408 e. The van der Waals surface area contributed by atoms with E-state index in [0.717, 1.165) is 16.9 Å². The number of nitrogens with one attached hydrogen (secondary N) is 3. The van der Waals surface area contributed by atoms with E-state index in [1.54, 1.807) is 20.8 Å². The van der Waals surface area contributed by atoms with Gasteiger partial charge in [-0.05, 0) is 62.8 Å². The van der Waals surface area contributed by atoms with E-state index < -0.39 is 53.5 Å². The summed E-state index contributed by atoms with van der Waals surface area (Å²) in [5.74, 6) is -1.92. The lowest BCUT2D eigenvalue weighted by atomic mass is 10.0. The van der Waals surface area contributed by atoms with Gasteiger partial charge >= 0.3 is 12.1 Å². The highest BCUT2D eigenvalue weighted by molar-refractivity contribution is 5.93. The van der Waals surface area contributed by atoms with Crippen LogP contribution >= 0.6 is 0 Å². The van der Waals surface area contributed by atoms with Gasteiger partial charge in [0.1, 0.15) is 36.1 Å². The number of para-hydroxylation sites is 1. The summed E-state index contributed by atoms with van der Waals surface area (Å²) in [5, 5.41) is 7.83. The van der Waals surface area contributed by atoms with Gasteiger partial charge in [-0.1, -0.05) is 56.3 Å². The normalized spacial score (nSPS) is 13.1. The predicted octanol–water partition coefficient (Wildman–Crippen LogP) is 3.16. The number of nitrogens with two attached hydrogens (primary N) is 1. The quantitative estimate of drug-likeness (QED) is 0.206. The highest BCUT2D eigenvalue weighted by Crippen LogP contribution is 2.15. The Morgan fingerprint density at radius 3 is 1.93 bits per heavy atom. The highest BCUT2D eigenvalue weighted by atomic mass is 16.6. The maximum absolute atomic E-state index is 13.6. The van der Waals surface area contributed by atoms with E-state index in [-0.39, 0.29) is 25.2 Å². The van der Waals surface area contributed by atoms with Gasteiger partial charge in [-0.2, -0.15) is 0 Å². The molecule has 2 rings (SSSR count). The average molecular weight is 627 g/mol. The largest absolute Gasteiger partial charge is 0.489 e. The van der Waals surface area contributed by atoms with E-state index >= 15 is 0 Å². The molecule has 5 N–H and O–H groups in total. The number of rotatable bonds is 16. The monoisotopic (exact) mass is 626 g/mol. The van der Waals surface area contributed by atoms with Gasteiger partial charge in [0.15, 0.2) is 0 Å². The molecule has 0 saturated heterocycles. The van der Waals surface area contributed by atoms with E-state index in [0.29, 0.717) is 13.0 Å². The molecule has 0 spiro atoms. The van der Waals surface area contributed by atoms with Crippen molar-refractivity contribution in [1.29, 1.82) is 0 Å². The molecule has 0 bridgehead atoms. The molecule has 0 heterocycles. The van der Waals surface area contributed by atoms with Gasteiger partial charge in [0, 0.05) is 12.8 Å². The number of esters is 1. The molecule has 2 aromatic rings. The van der Waals surface area contributed by atoms with Gasteiger partial charge in [0.05, 0.1) is 7.11 Å². The number of carbonyl (C=O) groups excluding carboxylic acids is 5. The maximum Gasteiger partial charge on any atom is 0.408 e. The molecule has 0 aliphatic rings. The molecule has 2 aromatic carbocycles. The maximum atomic E-state index is 13.6. The van der Waals surface area contributed by atoms with Gasteiger partial charge < -0.3 is 35.9 Å².